The molecule has 1 fully saturated rings. The maximum atomic E-state index is 13.4. The second-order valence-corrected chi connectivity index (χ2v) is 4.14. The Morgan fingerprint density at radius 3 is 2.81 bits per heavy atom. The van der Waals surface area contributed by atoms with Gasteiger partial charge in [-0.25, -0.2) is 8.78 Å². The van der Waals surface area contributed by atoms with Gasteiger partial charge in [0.15, 0.2) is 11.6 Å². The van der Waals surface area contributed by atoms with E-state index in [1.807, 2.05) is 0 Å². The zero-order chi connectivity index (χ0) is 11.5. The molecule has 4 heteroatoms. The predicted octanol–water partition coefficient (Wildman–Crippen LogP) is 2.14. The van der Waals surface area contributed by atoms with Crippen LogP contribution < -0.4 is 5.32 Å². The summed E-state index contributed by atoms with van der Waals surface area (Å²) in [7, 11) is 0. The average Bonchev–Trinajstić information content (AvgIpc) is 2.33. The summed E-state index contributed by atoms with van der Waals surface area (Å²) < 4.78 is 26.4. The van der Waals surface area contributed by atoms with Gasteiger partial charge in [0.2, 0.25) is 0 Å². The van der Waals surface area contributed by atoms with Gasteiger partial charge in [-0.05, 0) is 25.5 Å². The third-order valence-corrected chi connectivity index (χ3v) is 3.03. The Balaban J connectivity index is 2.19. The fourth-order valence-electron chi connectivity index (χ4n) is 2.11. The molecule has 1 aliphatic rings. The van der Waals surface area contributed by atoms with E-state index in [2.05, 4.69) is 5.32 Å². The van der Waals surface area contributed by atoms with Crippen LogP contribution in [0.15, 0.2) is 18.2 Å². The maximum absolute atomic E-state index is 13.4. The van der Waals surface area contributed by atoms with E-state index < -0.39 is 17.7 Å². The minimum atomic E-state index is -0.976. The molecule has 0 aliphatic carbocycles. The van der Waals surface area contributed by atoms with E-state index in [0.29, 0.717) is 0 Å². The van der Waals surface area contributed by atoms with Crippen molar-refractivity contribution < 1.29 is 13.9 Å². The molecule has 2 atom stereocenters. The zero-order valence-electron chi connectivity index (χ0n) is 8.92. The topological polar surface area (TPSA) is 32.3 Å². The molecule has 16 heavy (non-hydrogen) atoms. The van der Waals surface area contributed by atoms with Crippen molar-refractivity contribution in [2.45, 2.75) is 31.4 Å². The number of halogens is 2. The molecule has 1 saturated heterocycles. The number of piperidine rings is 1. The molecule has 1 aromatic carbocycles. The predicted molar refractivity (Wildman–Crippen MR) is 57.0 cm³/mol. The molecule has 0 amide bonds. The Hall–Kier alpha value is -1.00. The van der Waals surface area contributed by atoms with Crippen LogP contribution in [0.1, 0.15) is 30.9 Å². The largest absolute Gasteiger partial charge is 0.387 e. The summed E-state index contributed by atoms with van der Waals surface area (Å²) in [5.41, 5.74) is 0.0411. The highest BCUT2D eigenvalue weighted by atomic mass is 19.2. The first-order chi connectivity index (χ1) is 7.70. The fourth-order valence-corrected chi connectivity index (χ4v) is 2.11. The van der Waals surface area contributed by atoms with E-state index in [4.69, 9.17) is 0 Å². The van der Waals surface area contributed by atoms with Crippen molar-refractivity contribution >= 4 is 0 Å². The summed E-state index contributed by atoms with van der Waals surface area (Å²) in [5.74, 6) is -1.85. The van der Waals surface area contributed by atoms with Crippen LogP contribution in [-0.2, 0) is 0 Å². The Bertz CT molecular complexity index is 364. The summed E-state index contributed by atoms with van der Waals surface area (Å²) in [6, 6.07) is 3.73. The number of nitrogens with one attached hydrogen (secondary N) is 1. The minimum Gasteiger partial charge on any atom is -0.387 e. The van der Waals surface area contributed by atoms with Crippen molar-refractivity contribution in [2.24, 2.45) is 0 Å². The van der Waals surface area contributed by atoms with Gasteiger partial charge in [-0.1, -0.05) is 18.6 Å². The lowest BCUT2D eigenvalue weighted by atomic mass is 9.94. The lowest BCUT2D eigenvalue weighted by Crippen LogP contribution is -2.39. The van der Waals surface area contributed by atoms with E-state index in [1.165, 1.54) is 12.1 Å². The molecule has 2 nitrogen and oxygen atoms in total. The van der Waals surface area contributed by atoms with Gasteiger partial charge in [-0.2, -0.15) is 0 Å². The van der Waals surface area contributed by atoms with Crippen LogP contribution in [0.5, 0.6) is 0 Å². The number of hydrogen-bond donors (Lipinski definition) is 2. The van der Waals surface area contributed by atoms with Crippen LogP contribution in [0.2, 0.25) is 0 Å². The molecule has 0 bridgehead atoms. The van der Waals surface area contributed by atoms with E-state index in [1.54, 1.807) is 0 Å². The first-order valence-corrected chi connectivity index (χ1v) is 5.55. The highest BCUT2D eigenvalue weighted by molar-refractivity contribution is 5.22. The molecule has 2 N–H and O–H groups in total. The molecule has 1 aliphatic heterocycles. The first-order valence-electron chi connectivity index (χ1n) is 5.55. The zero-order valence-corrected chi connectivity index (χ0v) is 8.92. The van der Waals surface area contributed by atoms with Gasteiger partial charge in [0.1, 0.15) is 0 Å². The van der Waals surface area contributed by atoms with Gasteiger partial charge in [-0.15, -0.1) is 0 Å². The van der Waals surface area contributed by atoms with Gasteiger partial charge in [0.25, 0.3) is 0 Å². The molecular weight excluding hydrogens is 212 g/mol. The summed E-state index contributed by atoms with van der Waals surface area (Å²) in [6.07, 6.45) is 1.88. The summed E-state index contributed by atoms with van der Waals surface area (Å²) in [5, 5.41) is 13.1. The van der Waals surface area contributed by atoms with Crippen LogP contribution in [0.25, 0.3) is 0 Å². The summed E-state index contributed by atoms with van der Waals surface area (Å²) in [4.78, 5) is 0. The Kier molecular flexibility index (Phi) is 3.51. The van der Waals surface area contributed by atoms with Crippen molar-refractivity contribution in [1.82, 2.24) is 5.32 Å². The third kappa shape index (κ3) is 2.23. The molecule has 88 valence electrons. The van der Waals surface area contributed by atoms with Crippen molar-refractivity contribution in [2.75, 3.05) is 6.54 Å². The number of benzene rings is 1. The summed E-state index contributed by atoms with van der Waals surface area (Å²) >= 11 is 0. The first kappa shape index (κ1) is 11.5. The molecule has 0 aromatic heterocycles. The SMILES string of the molecule is OC(c1cccc(F)c1F)C1CCCCN1. The lowest BCUT2D eigenvalue weighted by Gasteiger charge is -2.28. The number of rotatable bonds is 2. The normalized spacial score (nSPS) is 23.1. The van der Waals surface area contributed by atoms with Crippen molar-refractivity contribution in [3.63, 3.8) is 0 Å². The highest BCUT2D eigenvalue weighted by Gasteiger charge is 2.25. The van der Waals surface area contributed by atoms with Crippen LogP contribution in [0, 0.1) is 11.6 Å². The third-order valence-electron chi connectivity index (χ3n) is 3.03. The smallest absolute Gasteiger partial charge is 0.164 e. The van der Waals surface area contributed by atoms with Gasteiger partial charge in [0, 0.05) is 11.6 Å². The van der Waals surface area contributed by atoms with Gasteiger partial charge in [-0.3, -0.25) is 0 Å². The van der Waals surface area contributed by atoms with E-state index >= 15 is 0 Å². The van der Waals surface area contributed by atoms with Crippen molar-refractivity contribution in [1.29, 1.82) is 0 Å². The van der Waals surface area contributed by atoms with Crippen LogP contribution in [-0.4, -0.2) is 17.7 Å². The van der Waals surface area contributed by atoms with Gasteiger partial charge in [0.05, 0.1) is 6.10 Å². The standard InChI is InChI=1S/C12H15F2NO/c13-9-5-3-4-8(11(9)14)12(16)10-6-1-2-7-15-10/h3-5,10,12,15-16H,1-2,6-7H2. The van der Waals surface area contributed by atoms with E-state index in [0.717, 1.165) is 31.9 Å². The second-order valence-electron chi connectivity index (χ2n) is 4.14. The molecule has 1 heterocycles. The molecule has 0 saturated carbocycles. The monoisotopic (exact) mass is 227 g/mol. The molecule has 0 spiro atoms. The van der Waals surface area contributed by atoms with Gasteiger partial charge < -0.3 is 10.4 Å². The van der Waals surface area contributed by atoms with Crippen LogP contribution >= 0.6 is 0 Å². The molecule has 2 unspecified atom stereocenters. The van der Waals surface area contributed by atoms with Crippen LogP contribution in [0.4, 0.5) is 8.78 Å². The number of aliphatic hydroxyl groups is 1. The Morgan fingerprint density at radius 1 is 1.31 bits per heavy atom. The van der Waals surface area contributed by atoms with Crippen molar-refractivity contribution in [3.8, 4) is 0 Å². The Morgan fingerprint density at radius 2 is 2.12 bits per heavy atom. The molecular formula is C12H15F2NO. The maximum Gasteiger partial charge on any atom is 0.164 e. The molecule has 2 rings (SSSR count). The summed E-state index contributed by atoms with van der Waals surface area (Å²) in [6.45, 7) is 0.818. The average molecular weight is 227 g/mol. The van der Waals surface area contributed by atoms with Crippen molar-refractivity contribution in [3.05, 3.63) is 35.4 Å². The molecule has 0 radical (unpaired) electrons. The minimum absolute atomic E-state index is 0.0411. The van der Waals surface area contributed by atoms with Crippen LogP contribution in [0.3, 0.4) is 0 Å². The Labute approximate surface area is 93.3 Å². The number of hydrogen-bond acceptors (Lipinski definition) is 2. The fraction of sp³-hybridized carbons (Fsp3) is 0.500. The molecule has 1 aromatic rings. The number of aliphatic hydroxyl groups excluding tert-OH is 1. The quantitative estimate of drug-likeness (QED) is 0.811. The highest BCUT2D eigenvalue weighted by Crippen LogP contribution is 2.25. The lowest BCUT2D eigenvalue weighted by molar-refractivity contribution is 0.109. The van der Waals surface area contributed by atoms with E-state index in [-0.39, 0.29) is 11.6 Å². The van der Waals surface area contributed by atoms with E-state index in [9.17, 15) is 13.9 Å². The van der Waals surface area contributed by atoms with Gasteiger partial charge >= 0.3 is 0 Å². The second kappa shape index (κ2) is 4.89.